The predicted octanol–water partition coefficient (Wildman–Crippen LogP) is 5.24. The van der Waals surface area contributed by atoms with Crippen molar-refractivity contribution in [2.24, 2.45) is 40.4 Å². The average molecular weight is 325 g/mol. The zero-order valence-electron chi connectivity index (χ0n) is 14.5. The first-order valence-electron chi connectivity index (χ1n) is 9.68. The third-order valence-corrected chi connectivity index (χ3v) is 9.28. The summed E-state index contributed by atoms with van der Waals surface area (Å²) >= 11 is 6.50. The summed E-state index contributed by atoms with van der Waals surface area (Å²) < 4.78 is 0. The number of hydrogen-bond acceptors (Lipinski definition) is 1. The first kappa shape index (κ1) is 15.8. The molecular weight excluding hydrogens is 292 g/mol. The Labute approximate surface area is 141 Å². The zero-order valence-corrected chi connectivity index (χ0v) is 15.3. The Morgan fingerprint density at radius 3 is 2.41 bits per heavy atom. The molecule has 4 saturated carbocycles. The fourth-order valence-corrected chi connectivity index (χ4v) is 7.90. The van der Waals surface area contributed by atoms with Crippen molar-refractivity contribution < 1.29 is 5.11 Å². The van der Waals surface area contributed by atoms with Crippen LogP contribution < -0.4 is 0 Å². The van der Waals surface area contributed by atoms with Crippen molar-refractivity contribution in [3.05, 3.63) is 0 Å². The topological polar surface area (TPSA) is 20.2 Å². The summed E-state index contributed by atoms with van der Waals surface area (Å²) in [7, 11) is 0. The average Bonchev–Trinajstić information content (AvgIpc) is 2.72. The lowest BCUT2D eigenvalue weighted by molar-refractivity contribution is -0.125. The zero-order chi connectivity index (χ0) is 15.7. The van der Waals surface area contributed by atoms with E-state index in [9.17, 15) is 5.11 Å². The van der Waals surface area contributed by atoms with Crippen LogP contribution in [0, 0.1) is 40.4 Å². The molecule has 1 N–H and O–H groups in total. The molecule has 22 heavy (non-hydrogen) atoms. The van der Waals surface area contributed by atoms with Gasteiger partial charge >= 0.3 is 0 Å². The Bertz CT molecular complexity index is 451. The number of alkyl halides is 1. The Morgan fingerprint density at radius 2 is 1.64 bits per heavy atom. The molecule has 0 aromatic rings. The molecule has 4 fully saturated rings. The van der Waals surface area contributed by atoms with Gasteiger partial charge in [-0.1, -0.05) is 27.2 Å². The summed E-state index contributed by atoms with van der Waals surface area (Å²) in [6, 6.07) is 0. The minimum absolute atomic E-state index is 0.00865. The highest BCUT2D eigenvalue weighted by molar-refractivity contribution is 6.21. The second-order valence-electron chi connectivity index (χ2n) is 9.78. The molecule has 0 aromatic carbocycles. The Morgan fingerprint density at radius 1 is 0.909 bits per heavy atom. The van der Waals surface area contributed by atoms with Gasteiger partial charge in [-0.3, -0.25) is 0 Å². The second kappa shape index (κ2) is 5.12. The SMILES string of the molecule is C[C@H]1CC[C@@]2(C)[C@@H](CC[C@@H]3[C@@H]2CC[C@]2(C)[C@@H](O)[C@H](Cl)C[C@@H]32)C1. The van der Waals surface area contributed by atoms with E-state index in [1.54, 1.807) is 0 Å². The molecule has 0 aromatic heterocycles. The highest BCUT2D eigenvalue weighted by atomic mass is 35.5. The van der Waals surface area contributed by atoms with Crippen LogP contribution in [-0.4, -0.2) is 16.6 Å². The van der Waals surface area contributed by atoms with E-state index in [0.717, 1.165) is 30.1 Å². The van der Waals surface area contributed by atoms with Crippen LogP contribution in [0.1, 0.15) is 72.1 Å². The van der Waals surface area contributed by atoms with Gasteiger partial charge in [-0.05, 0) is 85.4 Å². The van der Waals surface area contributed by atoms with Gasteiger partial charge in [0, 0.05) is 0 Å². The highest BCUT2D eigenvalue weighted by Crippen LogP contribution is 2.66. The summed E-state index contributed by atoms with van der Waals surface area (Å²) in [5, 5.41) is 10.6. The lowest BCUT2D eigenvalue weighted by Crippen LogP contribution is -2.53. The number of aliphatic hydroxyl groups is 1. The van der Waals surface area contributed by atoms with Crippen LogP contribution in [-0.2, 0) is 0 Å². The molecule has 0 unspecified atom stereocenters. The molecule has 126 valence electrons. The predicted molar refractivity (Wildman–Crippen MR) is 91.9 cm³/mol. The summed E-state index contributed by atoms with van der Waals surface area (Å²) in [5.41, 5.74) is 0.671. The minimum Gasteiger partial charge on any atom is -0.391 e. The molecule has 2 heteroatoms. The van der Waals surface area contributed by atoms with Gasteiger partial charge in [-0.15, -0.1) is 11.6 Å². The van der Waals surface area contributed by atoms with Crippen LogP contribution in [0.2, 0.25) is 0 Å². The Balaban J connectivity index is 1.63. The van der Waals surface area contributed by atoms with Crippen molar-refractivity contribution >= 4 is 11.6 Å². The molecule has 0 radical (unpaired) electrons. The summed E-state index contributed by atoms with van der Waals surface area (Å²) in [4.78, 5) is 0. The lowest BCUT2D eigenvalue weighted by atomic mass is 9.44. The molecule has 0 amide bonds. The monoisotopic (exact) mass is 324 g/mol. The molecule has 0 bridgehead atoms. The summed E-state index contributed by atoms with van der Waals surface area (Å²) in [6.45, 7) is 7.40. The van der Waals surface area contributed by atoms with E-state index in [4.69, 9.17) is 11.6 Å². The molecular formula is C20H33ClO. The van der Waals surface area contributed by atoms with Crippen LogP contribution in [0.3, 0.4) is 0 Å². The Hall–Kier alpha value is 0.250. The molecule has 1 nitrogen and oxygen atoms in total. The van der Waals surface area contributed by atoms with Crippen molar-refractivity contribution in [1.82, 2.24) is 0 Å². The normalized spacial score (nSPS) is 61.2. The summed E-state index contributed by atoms with van der Waals surface area (Å²) in [5.74, 6) is 4.28. The quantitative estimate of drug-likeness (QED) is 0.604. The minimum atomic E-state index is -0.281. The van der Waals surface area contributed by atoms with Crippen LogP contribution in [0.5, 0.6) is 0 Å². The summed E-state index contributed by atoms with van der Waals surface area (Å²) in [6.07, 6.45) is 10.5. The first-order valence-corrected chi connectivity index (χ1v) is 10.1. The fraction of sp³-hybridized carbons (Fsp3) is 1.00. The van der Waals surface area contributed by atoms with Gasteiger partial charge in [0.1, 0.15) is 0 Å². The van der Waals surface area contributed by atoms with E-state index in [0.29, 0.717) is 11.3 Å². The van der Waals surface area contributed by atoms with Crippen molar-refractivity contribution in [3.8, 4) is 0 Å². The third kappa shape index (κ3) is 2.00. The van der Waals surface area contributed by atoms with E-state index in [-0.39, 0.29) is 16.9 Å². The van der Waals surface area contributed by atoms with Crippen molar-refractivity contribution in [3.63, 3.8) is 0 Å². The van der Waals surface area contributed by atoms with Crippen LogP contribution in [0.15, 0.2) is 0 Å². The van der Waals surface area contributed by atoms with Crippen LogP contribution >= 0.6 is 11.6 Å². The largest absolute Gasteiger partial charge is 0.391 e. The number of rotatable bonds is 0. The molecule has 0 saturated heterocycles. The van der Waals surface area contributed by atoms with E-state index < -0.39 is 0 Å². The van der Waals surface area contributed by atoms with Gasteiger partial charge in [-0.2, -0.15) is 0 Å². The van der Waals surface area contributed by atoms with Crippen molar-refractivity contribution in [1.29, 1.82) is 0 Å². The maximum atomic E-state index is 10.6. The molecule has 0 spiro atoms. The molecule has 4 rings (SSSR count). The third-order valence-electron chi connectivity index (χ3n) is 8.86. The highest BCUT2D eigenvalue weighted by Gasteiger charge is 2.61. The number of hydrogen-bond donors (Lipinski definition) is 1. The molecule has 0 aliphatic heterocycles. The van der Waals surface area contributed by atoms with Gasteiger partial charge in [0.05, 0.1) is 11.5 Å². The van der Waals surface area contributed by atoms with Gasteiger partial charge in [0.2, 0.25) is 0 Å². The number of aliphatic hydroxyl groups excluding tert-OH is 1. The van der Waals surface area contributed by atoms with Crippen LogP contribution in [0.4, 0.5) is 0 Å². The fourth-order valence-electron chi connectivity index (χ4n) is 7.42. The van der Waals surface area contributed by atoms with Gasteiger partial charge in [0.25, 0.3) is 0 Å². The van der Waals surface area contributed by atoms with Crippen molar-refractivity contribution in [2.45, 2.75) is 83.6 Å². The maximum absolute atomic E-state index is 10.6. The maximum Gasteiger partial charge on any atom is 0.0760 e. The van der Waals surface area contributed by atoms with E-state index >= 15 is 0 Å². The molecule has 0 heterocycles. The van der Waals surface area contributed by atoms with Crippen molar-refractivity contribution in [2.75, 3.05) is 0 Å². The van der Waals surface area contributed by atoms with Crippen LogP contribution in [0.25, 0.3) is 0 Å². The second-order valence-corrected chi connectivity index (χ2v) is 10.3. The molecule has 4 aliphatic carbocycles. The standard InChI is InChI=1S/C20H33ClO/c1-12-6-8-19(2)13(10-12)4-5-14-15(19)7-9-20(3)16(14)11-17(21)18(20)22/h12-18,22H,4-11H2,1-3H3/t12-,13-,14+,15-,16-,17+,18-,19-,20-/m0/s1. The lowest BCUT2D eigenvalue weighted by Gasteiger charge is -2.60. The molecule has 9 atom stereocenters. The van der Waals surface area contributed by atoms with Gasteiger partial charge in [-0.25, -0.2) is 0 Å². The van der Waals surface area contributed by atoms with E-state index in [1.807, 2.05) is 0 Å². The number of fused-ring (bicyclic) bond motifs is 5. The van der Waals surface area contributed by atoms with Gasteiger partial charge < -0.3 is 5.11 Å². The first-order chi connectivity index (χ1) is 10.4. The van der Waals surface area contributed by atoms with E-state index in [2.05, 4.69) is 20.8 Å². The van der Waals surface area contributed by atoms with E-state index in [1.165, 1.54) is 44.9 Å². The smallest absolute Gasteiger partial charge is 0.0760 e. The van der Waals surface area contributed by atoms with Gasteiger partial charge in [0.15, 0.2) is 0 Å². The number of halogens is 1. The molecule has 4 aliphatic rings. The Kier molecular flexibility index (Phi) is 3.67.